The number of hydrogen-bond donors (Lipinski definition) is 0. The van der Waals surface area contributed by atoms with Gasteiger partial charge in [0.25, 0.3) is 5.91 Å². The van der Waals surface area contributed by atoms with Crippen molar-refractivity contribution in [3.05, 3.63) is 21.9 Å². The molecule has 0 radical (unpaired) electrons. The summed E-state index contributed by atoms with van der Waals surface area (Å²) in [6, 6.07) is 2.04. The van der Waals surface area contributed by atoms with E-state index in [1.165, 1.54) is 16.9 Å². The maximum atomic E-state index is 11.6. The molecule has 2 heterocycles. The molecule has 64 valence electrons. The van der Waals surface area contributed by atoms with Crippen LogP contribution < -0.4 is 0 Å². The van der Waals surface area contributed by atoms with E-state index in [9.17, 15) is 4.79 Å². The predicted octanol–water partition coefficient (Wildman–Crippen LogP) is 2.07. The minimum Gasteiger partial charge on any atom is -0.332 e. The second kappa shape index (κ2) is 2.10. The fraction of sp³-hybridized carbons (Fsp3) is 0.444. The molecule has 12 heavy (non-hydrogen) atoms. The van der Waals surface area contributed by atoms with Gasteiger partial charge >= 0.3 is 0 Å². The van der Waals surface area contributed by atoms with Gasteiger partial charge < -0.3 is 4.90 Å². The first-order valence-electron chi connectivity index (χ1n) is 3.91. The lowest BCUT2D eigenvalue weighted by Gasteiger charge is -2.28. The van der Waals surface area contributed by atoms with E-state index in [1.54, 1.807) is 4.90 Å². The molecule has 0 aliphatic carbocycles. The maximum absolute atomic E-state index is 11.6. The molecule has 0 saturated heterocycles. The van der Waals surface area contributed by atoms with Gasteiger partial charge in [0.15, 0.2) is 0 Å². The van der Waals surface area contributed by atoms with Crippen LogP contribution in [0.4, 0.5) is 0 Å². The van der Waals surface area contributed by atoms with Gasteiger partial charge in [0.1, 0.15) is 0 Å². The molecule has 1 aliphatic rings. The molecule has 0 unspecified atom stereocenters. The van der Waals surface area contributed by atoms with Gasteiger partial charge in [-0.05, 0) is 25.3 Å². The topological polar surface area (TPSA) is 20.3 Å². The molecule has 2 nitrogen and oxygen atoms in total. The second-order valence-electron chi connectivity index (χ2n) is 3.59. The third-order valence-corrected chi connectivity index (χ3v) is 3.56. The summed E-state index contributed by atoms with van der Waals surface area (Å²) in [4.78, 5) is 14.3. The summed E-state index contributed by atoms with van der Waals surface area (Å²) < 4.78 is 0. The summed E-state index contributed by atoms with van der Waals surface area (Å²) in [6.07, 6.45) is 0. The third-order valence-electron chi connectivity index (χ3n) is 2.66. The minimum atomic E-state index is -0.119. The van der Waals surface area contributed by atoms with E-state index in [0.29, 0.717) is 0 Å². The Labute approximate surface area is 75.8 Å². The van der Waals surface area contributed by atoms with Crippen LogP contribution in [0.3, 0.4) is 0 Å². The number of carbonyl (C=O) groups is 1. The number of nitrogens with zero attached hydrogens (tertiary/aromatic N) is 1. The van der Waals surface area contributed by atoms with E-state index in [2.05, 4.69) is 13.8 Å². The Morgan fingerprint density at radius 1 is 1.50 bits per heavy atom. The summed E-state index contributed by atoms with van der Waals surface area (Å²) in [5.41, 5.74) is 1.05. The Bertz CT molecular complexity index is 340. The molecule has 0 N–H and O–H groups in total. The number of thiophene rings is 1. The first kappa shape index (κ1) is 7.80. The molecule has 0 saturated carbocycles. The number of carbonyl (C=O) groups excluding carboxylic acids is 1. The first-order chi connectivity index (χ1) is 5.55. The average molecular weight is 181 g/mol. The van der Waals surface area contributed by atoms with Crippen LogP contribution in [0.5, 0.6) is 0 Å². The van der Waals surface area contributed by atoms with Crippen LogP contribution in [0.25, 0.3) is 0 Å². The van der Waals surface area contributed by atoms with Gasteiger partial charge in [0.05, 0.1) is 10.4 Å². The van der Waals surface area contributed by atoms with Crippen molar-refractivity contribution in [3.8, 4) is 0 Å². The minimum absolute atomic E-state index is 0.119. The van der Waals surface area contributed by atoms with E-state index >= 15 is 0 Å². The summed E-state index contributed by atoms with van der Waals surface area (Å²) in [7, 11) is 1.86. The molecule has 1 aliphatic heterocycles. The van der Waals surface area contributed by atoms with Gasteiger partial charge in [0, 0.05) is 12.6 Å². The van der Waals surface area contributed by atoms with Crippen molar-refractivity contribution in [1.29, 1.82) is 0 Å². The Balaban J connectivity index is 2.64. The standard InChI is InChI=1S/C9H11NOS/c1-9(2)6-4-5-12-7(6)8(11)10(9)3/h4-5H,1-3H3. The molecule has 0 fully saturated rings. The lowest BCUT2D eigenvalue weighted by atomic mass is 9.98. The highest BCUT2D eigenvalue weighted by Crippen LogP contribution is 2.39. The highest BCUT2D eigenvalue weighted by atomic mass is 32.1. The number of fused-ring (bicyclic) bond motifs is 1. The van der Waals surface area contributed by atoms with Crippen LogP contribution in [0.15, 0.2) is 11.4 Å². The van der Waals surface area contributed by atoms with Gasteiger partial charge in [-0.1, -0.05) is 0 Å². The average Bonchev–Trinajstić information content (AvgIpc) is 2.54. The first-order valence-corrected chi connectivity index (χ1v) is 4.79. The molecule has 0 aromatic carbocycles. The molecule has 3 heteroatoms. The van der Waals surface area contributed by atoms with E-state index in [4.69, 9.17) is 0 Å². The lowest BCUT2D eigenvalue weighted by Crippen LogP contribution is -2.35. The largest absolute Gasteiger partial charge is 0.332 e. The highest BCUT2D eigenvalue weighted by Gasteiger charge is 2.41. The third kappa shape index (κ3) is 0.719. The number of hydrogen-bond acceptors (Lipinski definition) is 2. The van der Waals surface area contributed by atoms with Crippen LogP contribution in [-0.4, -0.2) is 17.9 Å². The molecular formula is C9H11NOS. The quantitative estimate of drug-likeness (QED) is 0.600. The number of rotatable bonds is 0. The Kier molecular flexibility index (Phi) is 1.37. The van der Waals surface area contributed by atoms with Gasteiger partial charge in [0.2, 0.25) is 0 Å². The fourth-order valence-corrected chi connectivity index (χ4v) is 2.57. The van der Waals surface area contributed by atoms with Crippen LogP contribution in [0, 0.1) is 0 Å². The molecule has 1 amide bonds. The molecule has 0 bridgehead atoms. The zero-order valence-electron chi connectivity index (χ0n) is 7.42. The van der Waals surface area contributed by atoms with Gasteiger partial charge in [-0.3, -0.25) is 4.79 Å². The van der Waals surface area contributed by atoms with Crippen LogP contribution in [0.1, 0.15) is 29.1 Å². The van der Waals surface area contributed by atoms with E-state index in [-0.39, 0.29) is 11.4 Å². The summed E-state index contributed by atoms with van der Waals surface area (Å²) in [6.45, 7) is 4.15. The lowest BCUT2D eigenvalue weighted by molar-refractivity contribution is 0.0693. The summed E-state index contributed by atoms with van der Waals surface area (Å²) in [5, 5.41) is 1.98. The molecule has 1 aromatic rings. The Hall–Kier alpha value is -0.830. The Morgan fingerprint density at radius 2 is 2.17 bits per heavy atom. The van der Waals surface area contributed by atoms with Crippen molar-refractivity contribution in [3.63, 3.8) is 0 Å². The van der Waals surface area contributed by atoms with Crippen molar-refractivity contribution >= 4 is 17.2 Å². The fourth-order valence-electron chi connectivity index (χ4n) is 1.54. The highest BCUT2D eigenvalue weighted by molar-refractivity contribution is 7.12. The zero-order chi connectivity index (χ0) is 8.93. The number of amides is 1. The normalized spacial score (nSPS) is 19.9. The monoisotopic (exact) mass is 181 g/mol. The SMILES string of the molecule is CN1C(=O)c2sccc2C1(C)C. The zero-order valence-corrected chi connectivity index (χ0v) is 8.23. The smallest absolute Gasteiger partial charge is 0.264 e. The van der Waals surface area contributed by atoms with Crippen molar-refractivity contribution in [2.75, 3.05) is 7.05 Å². The summed E-state index contributed by atoms with van der Waals surface area (Å²) >= 11 is 1.53. The van der Waals surface area contributed by atoms with Gasteiger partial charge in [-0.25, -0.2) is 0 Å². The van der Waals surface area contributed by atoms with Crippen LogP contribution in [-0.2, 0) is 5.54 Å². The van der Waals surface area contributed by atoms with Gasteiger partial charge in [-0.15, -0.1) is 11.3 Å². The van der Waals surface area contributed by atoms with Crippen LogP contribution in [0.2, 0.25) is 0 Å². The molecular weight excluding hydrogens is 170 g/mol. The van der Waals surface area contributed by atoms with E-state index in [1.807, 2.05) is 18.5 Å². The molecule has 1 aromatic heterocycles. The Morgan fingerprint density at radius 3 is 2.75 bits per heavy atom. The molecule has 0 spiro atoms. The predicted molar refractivity (Wildman–Crippen MR) is 49.4 cm³/mol. The van der Waals surface area contributed by atoms with Gasteiger partial charge in [-0.2, -0.15) is 0 Å². The molecule has 0 atom stereocenters. The van der Waals surface area contributed by atoms with Crippen molar-refractivity contribution < 1.29 is 4.79 Å². The van der Waals surface area contributed by atoms with E-state index < -0.39 is 0 Å². The second-order valence-corrected chi connectivity index (χ2v) is 4.50. The van der Waals surface area contributed by atoms with E-state index in [0.717, 1.165) is 4.88 Å². The maximum Gasteiger partial charge on any atom is 0.264 e. The van der Waals surface area contributed by atoms with Crippen molar-refractivity contribution in [2.45, 2.75) is 19.4 Å². The van der Waals surface area contributed by atoms with Crippen LogP contribution >= 0.6 is 11.3 Å². The molecule has 2 rings (SSSR count). The van der Waals surface area contributed by atoms with Crippen molar-refractivity contribution in [1.82, 2.24) is 4.90 Å². The summed E-state index contributed by atoms with van der Waals surface area (Å²) in [5.74, 6) is 0.157. The van der Waals surface area contributed by atoms with Crippen molar-refractivity contribution in [2.24, 2.45) is 0 Å².